The molecule has 11 heteroatoms. The van der Waals surface area contributed by atoms with Crippen LogP contribution in [0.2, 0.25) is 10.0 Å². The van der Waals surface area contributed by atoms with E-state index in [2.05, 4.69) is 10.3 Å². The molecular weight excluding hydrogens is 518 g/mol. The summed E-state index contributed by atoms with van der Waals surface area (Å²) in [6, 6.07) is 8.82. The highest BCUT2D eigenvalue weighted by molar-refractivity contribution is 6.36. The van der Waals surface area contributed by atoms with E-state index in [1.165, 1.54) is 18.2 Å². The van der Waals surface area contributed by atoms with Gasteiger partial charge in [0, 0.05) is 47.2 Å². The van der Waals surface area contributed by atoms with E-state index in [9.17, 15) is 14.3 Å². The zero-order valence-electron chi connectivity index (χ0n) is 20.3. The fourth-order valence-corrected chi connectivity index (χ4v) is 5.17. The molecule has 2 aliphatic rings. The lowest BCUT2D eigenvalue weighted by Gasteiger charge is -2.36. The number of nitrogens with two attached hydrogens (primary N) is 2. The minimum Gasteiger partial charge on any atom is -0.859 e. The average Bonchev–Trinajstić information content (AvgIpc) is 3.42. The minimum absolute atomic E-state index is 0.0223. The maximum atomic E-state index is 14.2. The monoisotopic (exact) mass is 545 g/mol. The third-order valence-corrected chi connectivity index (χ3v) is 7.21. The molecule has 2 aromatic rings. The molecule has 0 radical (unpaired) electrons. The molecule has 0 bridgehead atoms. The lowest BCUT2D eigenvalue weighted by atomic mass is 10.0. The number of benzene rings is 2. The molecule has 1 unspecified atom stereocenters. The van der Waals surface area contributed by atoms with Crippen molar-refractivity contribution in [1.82, 2.24) is 9.80 Å². The highest BCUT2D eigenvalue weighted by atomic mass is 35.5. The number of carbonyl (C=O) groups excluding carboxylic acids is 1. The Morgan fingerprint density at radius 2 is 1.84 bits per heavy atom. The standard InChI is InChI=1S/C26H29Cl2FN6O2/c1-15(22-18(27)8-9-19(29)23(22)28)35-13-10-32-24(31)21(35)14-20(30)25(36)33-17-6-4-16(5-7-17)26(37)34-11-2-3-12-34/h4-9,14-15,33,36H,2-3,10-13,30H2,1H3,(H2,31,32)/p-1. The first-order valence-corrected chi connectivity index (χ1v) is 12.7. The smallest absolute Gasteiger partial charge is 0.253 e. The van der Waals surface area contributed by atoms with Crippen molar-refractivity contribution >= 4 is 40.6 Å². The third-order valence-electron chi connectivity index (χ3n) is 6.50. The van der Waals surface area contributed by atoms with Crippen LogP contribution in [0.15, 0.2) is 64.7 Å². The molecule has 0 aliphatic carbocycles. The zero-order valence-corrected chi connectivity index (χ0v) is 21.8. The highest BCUT2D eigenvalue weighted by Gasteiger charge is 2.28. The normalized spacial score (nSPS) is 18.5. The van der Waals surface area contributed by atoms with Crippen molar-refractivity contribution in [3.63, 3.8) is 0 Å². The molecule has 2 aromatic carbocycles. The van der Waals surface area contributed by atoms with Gasteiger partial charge in [-0.05, 0) is 68.1 Å². The van der Waals surface area contributed by atoms with Gasteiger partial charge in [0.15, 0.2) is 0 Å². The first-order valence-electron chi connectivity index (χ1n) is 11.9. The van der Waals surface area contributed by atoms with Gasteiger partial charge in [-0.2, -0.15) is 0 Å². The highest BCUT2D eigenvalue weighted by Crippen LogP contribution is 2.37. The second-order valence-electron chi connectivity index (χ2n) is 8.91. The molecule has 0 spiro atoms. The Balaban J connectivity index is 1.56. The van der Waals surface area contributed by atoms with Crippen molar-refractivity contribution in [2.75, 3.05) is 31.5 Å². The van der Waals surface area contributed by atoms with Crippen LogP contribution in [0.3, 0.4) is 0 Å². The van der Waals surface area contributed by atoms with E-state index in [4.69, 9.17) is 34.7 Å². The Kier molecular flexibility index (Phi) is 8.14. The molecule has 0 saturated carbocycles. The molecular formula is C26H28Cl2FN6O2-. The number of anilines is 1. The van der Waals surface area contributed by atoms with Crippen LogP contribution in [0.1, 0.15) is 41.7 Å². The lowest BCUT2D eigenvalue weighted by Crippen LogP contribution is -2.40. The number of hydrogen-bond acceptors (Lipinski definition) is 7. The Labute approximate surface area is 225 Å². The molecule has 2 aliphatic heterocycles. The predicted octanol–water partition coefficient (Wildman–Crippen LogP) is 3.59. The van der Waals surface area contributed by atoms with Gasteiger partial charge in [0.1, 0.15) is 11.7 Å². The molecule has 5 N–H and O–H groups in total. The predicted molar refractivity (Wildman–Crippen MR) is 143 cm³/mol. The van der Waals surface area contributed by atoms with Crippen molar-refractivity contribution in [2.45, 2.75) is 25.8 Å². The second kappa shape index (κ2) is 11.3. The molecule has 1 saturated heterocycles. The third kappa shape index (κ3) is 5.78. The van der Waals surface area contributed by atoms with E-state index < -0.39 is 17.7 Å². The van der Waals surface area contributed by atoms with Gasteiger partial charge in [-0.25, -0.2) is 4.39 Å². The minimum atomic E-state index is -0.587. The van der Waals surface area contributed by atoms with Crippen LogP contribution in [0.5, 0.6) is 0 Å². The molecule has 2 heterocycles. The molecule has 1 atom stereocenters. The number of likely N-dealkylation sites (tertiary alicyclic amines) is 1. The summed E-state index contributed by atoms with van der Waals surface area (Å²) < 4.78 is 14.2. The van der Waals surface area contributed by atoms with Crippen LogP contribution in [-0.4, -0.2) is 47.7 Å². The Morgan fingerprint density at radius 3 is 2.51 bits per heavy atom. The maximum Gasteiger partial charge on any atom is 0.253 e. The SMILES string of the molecule is CC(c1c(Cl)ccc(F)c1Cl)N1CCN=C(N)C1=CC(N)=C([O-])Nc1ccc(C(=O)N2CCCC2)cc1. The molecule has 4 rings (SSSR count). The number of amidine groups is 1. The van der Waals surface area contributed by atoms with E-state index in [1.807, 2.05) is 9.80 Å². The number of hydrogen-bond donors (Lipinski definition) is 3. The van der Waals surface area contributed by atoms with Crippen molar-refractivity contribution in [1.29, 1.82) is 0 Å². The second-order valence-corrected chi connectivity index (χ2v) is 9.69. The van der Waals surface area contributed by atoms with E-state index in [0.29, 0.717) is 40.6 Å². The zero-order chi connectivity index (χ0) is 26.7. The number of aliphatic imine (C=N–C) groups is 1. The number of amides is 1. The summed E-state index contributed by atoms with van der Waals surface area (Å²) in [6.07, 6.45) is 3.45. The maximum absolute atomic E-state index is 14.2. The van der Waals surface area contributed by atoms with E-state index in [-0.39, 0.29) is 22.5 Å². The summed E-state index contributed by atoms with van der Waals surface area (Å²) in [7, 11) is 0. The molecule has 1 fully saturated rings. The van der Waals surface area contributed by atoms with Gasteiger partial charge < -0.3 is 31.7 Å². The largest absolute Gasteiger partial charge is 0.859 e. The average molecular weight is 546 g/mol. The number of nitrogens with zero attached hydrogens (tertiary/aromatic N) is 3. The molecule has 0 aromatic heterocycles. The van der Waals surface area contributed by atoms with Gasteiger partial charge in [0.05, 0.1) is 23.3 Å². The lowest BCUT2D eigenvalue weighted by molar-refractivity contribution is -0.300. The van der Waals surface area contributed by atoms with Gasteiger partial charge in [-0.3, -0.25) is 9.79 Å². The summed E-state index contributed by atoms with van der Waals surface area (Å²) in [5.41, 5.74) is 14.0. The van der Waals surface area contributed by atoms with Crippen LogP contribution < -0.4 is 21.9 Å². The number of allylic oxidation sites excluding steroid dienone is 1. The first kappa shape index (κ1) is 26.6. The van der Waals surface area contributed by atoms with Gasteiger partial charge in [-0.15, -0.1) is 0 Å². The van der Waals surface area contributed by atoms with Crippen molar-refractivity contribution in [2.24, 2.45) is 16.5 Å². The topological polar surface area (TPSA) is 123 Å². The van der Waals surface area contributed by atoms with Crippen LogP contribution in [0.25, 0.3) is 0 Å². The van der Waals surface area contributed by atoms with E-state index in [1.54, 1.807) is 31.2 Å². The molecule has 196 valence electrons. The molecule has 8 nitrogen and oxygen atoms in total. The van der Waals surface area contributed by atoms with Gasteiger partial charge >= 0.3 is 0 Å². The number of halogens is 3. The summed E-state index contributed by atoms with van der Waals surface area (Å²) in [5, 5.41) is 15.8. The fourth-order valence-electron chi connectivity index (χ4n) is 4.48. The molecule has 1 amide bonds. The summed E-state index contributed by atoms with van der Waals surface area (Å²) >= 11 is 12.6. The van der Waals surface area contributed by atoms with Gasteiger partial charge in [0.25, 0.3) is 5.91 Å². The van der Waals surface area contributed by atoms with Crippen LogP contribution in [0.4, 0.5) is 10.1 Å². The Hall–Kier alpha value is -3.43. The fraction of sp³-hybridized carbons (Fsp3) is 0.308. The summed E-state index contributed by atoms with van der Waals surface area (Å²) in [5.74, 6) is -0.983. The number of nitrogens with one attached hydrogen (secondary N) is 1. The van der Waals surface area contributed by atoms with Crippen molar-refractivity contribution in [3.05, 3.63) is 86.7 Å². The summed E-state index contributed by atoms with van der Waals surface area (Å²) in [6.45, 7) is 4.15. The molecule has 37 heavy (non-hydrogen) atoms. The number of rotatable bonds is 6. The van der Waals surface area contributed by atoms with E-state index in [0.717, 1.165) is 25.9 Å². The summed E-state index contributed by atoms with van der Waals surface area (Å²) in [4.78, 5) is 20.4. The number of carbonyl (C=O) groups is 1. The Bertz CT molecular complexity index is 1270. The Morgan fingerprint density at radius 1 is 1.16 bits per heavy atom. The quantitative estimate of drug-likeness (QED) is 0.376. The van der Waals surface area contributed by atoms with Crippen molar-refractivity contribution in [3.8, 4) is 0 Å². The first-order chi connectivity index (χ1) is 17.7. The van der Waals surface area contributed by atoms with Crippen LogP contribution in [-0.2, 0) is 0 Å². The van der Waals surface area contributed by atoms with Gasteiger partial charge in [0.2, 0.25) is 0 Å². The van der Waals surface area contributed by atoms with Crippen molar-refractivity contribution < 1.29 is 14.3 Å². The van der Waals surface area contributed by atoms with Crippen LogP contribution >= 0.6 is 23.2 Å². The van der Waals surface area contributed by atoms with Gasteiger partial charge in [-0.1, -0.05) is 23.2 Å². The van der Waals surface area contributed by atoms with Crippen LogP contribution in [0, 0.1) is 5.82 Å². The van der Waals surface area contributed by atoms with E-state index >= 15 is 0 Å².